The molecule has 0 radical (unpaired) electrons. The van der Waals surface area contributed by atoms with Gasteiger partial charge in [0.2, 0.25) is 5.76 Å². The van der Waals surface area contributed by atoms with Crippen LogP contribution >= 0.6 is 0 Å². The molecule has 0 aromatic carbocycles. The monoisotopic (exact) mass is 207 g/mol. The maximum absolute atomic E-state index is 11.9. The molecule has 15 heavy (non-hydrogen) atoms. The Labute approximate surface area is 87.5 Å². The number of hydrogen-bond donors (Lipinski definition) is 1. The van der Waals surface area contributed by atoms with Crippen molar-refractivity contribution in [3.8, 4) is 0 Å². The summed E-state index contributed by atoms with van der Waals surface area (Å²) in [4.78, 5) is 17.6. The van der Waals surface area contributed by atoms with Gasteiger partial charge in [-0.2, -0.15) is 0 Å². The Morgan fingerprint density at radius 2 is 2.60 bits per heavy atom. The SMILES string of the molecule is O=C(c1cnco1)N1CC2CNCCC21. The Bertz CT molecular complexity index is 363. The summed E-state index contributed by atoms with van der Waals surface area (Å²) in [6.45, 7) is 2.88. The van der Waals surface area contributed by atoms with Crippen molar-refractivity contribution < 1.29 is 9.21 Å². The van der Waals surface area contributed by atoms with E-state index in [2.05, 4.69) is 10.3 Å². The van der Waals surface area contributed by atoms with Gasteiger partial charge >= 0.3 is 0 Å². The summed E-state index contributed by atoms with van der Waals surface area (Å²) in [5.41, 5.74) is 0. The highest BCUT2D eigenvalue weighted by Crippen LogP contribution is 2.30. The van der Waals surface area contributed by atoms with E-state index in [1.54, 1.807) is 0 Å². The van der Waals surface area contributed by atoms with Gasteiger partial charge in [0.1, 0.15) is 0 Å². The number of carbonyl (C=O) groups is 1. The van der Waals surface area contributed by atoms with Crippen molar-refractivity contribution in [2.75, 3.05) is 19.6 Å². The van der Waals surface area contributed by atoms with Crippen LogP contribution in [0.15, 0.2) is 17.0 Å². The third kappa shape index (κ3) is 1.34. The topological polar surface area (TPSA) is 58.4 Å². The molecule has 2 aliphatic rings. The minimum absolute atomic E-state index is 0.0179. The predicted octanol–water partition coefficient (Wildman–Crippen LogP) is 0.108. The average Bonchev–Trinajstić information content (AvgIpc) is 2.72. The van der Waals surface area contributed by atoms with Crippen molar-refractivity contribution in [3.05, 3.63) is 18.4 Å². The molecule has 3 rings (SSSR count). The molecule has 1 N–H and O–H groups in total. The summed E-state index contributed by atoms with van der Waals surface area (Å²) in [6, 6.07) is 0.406. The smallest absolute Gasteiger partial charge is 0.291 e. The van der Waals surface area contributed by atoms with E-state index in [0.29, 0.717) is 17.7 Å². The second-order valence-corrected chi connectivity index (χ2v) is 4.14. The van der Waals surface area contributed by atoms with E-state index in [1.807, 2.05) is 4.90 Å². The predicted molar refractivity (Wildman–Crippen MR) is 52.3 cm³/mol. The largest absolute Gasteiger partial charge is 0.438 e. The lowest BCUT2D eigenvalue weighted by atomic mass is 9.83. The Kier molecular flexibility index (Phi) is 1.98. The second-order valence-electron chi connectivity index (χ2n) is 4.14. The van der Waals surface area contributed by atoms with Crippen LogP contribution in [0.3, 0.4) is 0 Å². The number of aromatic nitrogens is 1. The standard InChI is InChI=1S/C10H13N3O2/c14-10(9-4-12-6-15-9)13-5-7-3-11-2-1-8(7)13/h4,6-8,11H,1-3,5H2. The van der Waals surface area contributed by atoms with Gasteiger partial charge in [0.25, 0.3) is 5.91 Å². The number of likely N-dealkylation sites (tertiary alicyclic amines) is 1. The highest BCUT2D eigenvalue weighted by molar-refractivity contribution is 5.92. The quantitative estimate of drug-likeness (QED) is 0.710. The lowest BCUT2D eigenvalue weighted by molar-refractivity contribution is 0.0000965. The van der Waals surface area contributed by atoms with Gasteiger partial charge in [-0.25, -0.2) is 4.98 Å². The van der Waals surface area contributed by atoms with Crippen LogP contribution in [0.1, 0.15) is 17.0 Å². The third-order valence-corrected chi connectivity index (χ3v) is 3.30. The summed E-state index contributed by atoms with van der Waals surface area (Å²) < 4.78 is 5.01. The number of amides is 1. The van der Waals surface area contributed by atoms with Crippen molar-refractivity contribution in [2.24, 2.45) is 5.92 Å². The number of nitrogens with zero attached hydrogens (tertiary/aromatic N) is 2. The fourth-order valence-corrected chi connectivity index (χ4v) is 2.45. The van der Waals surface area contributed by atoms with Gasteiger partial charge in [0.15, 0.2) is 6.39 Å². The van der Waals surface area contributed by atoms with Crippen LogP contribution in [-0.4, -0.2) is 41.5 Å². The Balaban J connectivity index is 1.72. The van der Waals surface area contributed by atoms with Crippen molar-refractivity contribution in [1.82, 2.24) is 15.2 Å². The first-order chi connectivity index (χ1) is 7.36. The number of hydrogen-bond acceptors (Lipinski definition) is 4. The summed E-state index contributed by atoms with van der Waals surface area (Å²) in [6.07, 6.45) is 3.83. The summed E-state index contributed by atoms with van der Waals surface area (Å²) >= 11 is 0. The number of oxazole rings is 1. The molecule has 1 aromatic rings. The second kappa shape index (κ2) is 3.34. The molecular formula is C10H13N3O2. The van der Waals surface area contributed by atoms with Gasteiger partial charge in [0.05, 0.1) is 6.20 Å². The zero-order valence-electron chi connectivity index (χ0n) is 8.35. The van der Waals surface area contributed by atoms with Crippen LogP contribution in [0.25, 0.3) is 0 Å². The maximum atomic E-state index is 11.9. The van der Waals surface area contributed by atoms with Gasteiger partial charge in [-0.15, -0.1) is 0 Å². The molecule has 1 amide bonds. The normalized spacial score (nSPS) is 29.5. The van der Waals surface area contributed by atoms with Gasteiger partial charge in [0, 0.05) is 25.0 Å². The fourth-order valence-electron chi connectivity index (χ4n) is 2.45. The number of carbonyl (C=O) groups excluding carboxylic acids is 1. The van der Waals surface area contributed by atoms with Crippen LogP contribution in [0.5, 0.6) is 0 Å². The highest BCUT2D eigenvalue weighted by Gasteiger charge is 2.43. The van der Waals surface area contributed by atoms with E-state index < -0.39 is 0 Å². The zero-order valence-corrected chi connectivity index (χ0v) is 8.35. The van der Waals surface area contributed by atoms with Crippen LogP contribution in [0, 0.1) is 5.92 Å². The number of piperidine rings is 1. The first-order valence-corrected chi connectivity index (χ1v) is 5.26. The number of fused-ring (bicyclic) bond motifs is 1. The van der Waals surface area contributed by atoms with Gasteiger partial charge in [-0.1, -0.05) is 0 Å². The molecule has 5 nitrogen and oxygen atoms in total. The van der Waals surface area contributed by atoms with E-state index in [9.17, 15) is 4.79 Å². The van der Waals surface area contributed by atoms with Crippen molar-refractivity contribution in [1.29, 1.82) is 0 Å². The minimum atomic E-state index is -0.0179. The molecule has 3 heterocycles. The molecule has 2 atom stereocenters. The van der Waals surface area contributed by atoms with E-state index in [1.165, 1.54) is 12.6 Å². The molecular weight excluding hydrogens is 194 g/mol. The molecule has 2 fully saturated rings. The Hall–Kier alpha value is -1.36. The molecule has 0 saturated carbocycles. The third-order valence-electron chi connectivity index (χ3n) is 3.30. The highest BCUT2D eigenvalue weighted by atomic mass is 16.3. The number of nitrogens with one attached hydrogen (secondary N) is 1. The summed E-state index contributed by atoms with van der Waals surface area (Å²) in [5, 5.41) is 3.34. The van der Waals surface area contributed by atoms with Crippen LogP contribution in [-0.2, 0) is 0 Å². The lowest BCUT2D eigenvalue weighted by Gasteiger charge is -2.50. The van der Waals surface area contributed by atoms with Gasteiger partial charge in [-0.3, -0.25) is 4.79 Å². The first-order valence-electron chi connectivity index (χ1n) is 5.26. The van der Waals surface area contributed by atoms with E-state index >= 15 is 0 Å². The van der Waals surface area contributed by atoms with Crippen LogP contribution in [0.4, 0.5) is 0 Å². The molecule has 2 aliphatic heterocycles. The van der Waals surface area contributed by atoms with E-state index in [-0.39, 0.29) is 5.91 Å². The van der Waals surface area contributed by atoms with Gasteiger partial charge in [-0.05, 0) is 13.0 Å². The van der Waals surface area contributed by atoms with Crippen LogP contribution < -0.4 is 5.32 Å². The molecule has 1 aromatic heterocycles. The summed E-state index contributed by atoms with van der Waals surface area (Å²) in [7, 11) is 0. The fraction of sp³-hybridized carbons (Fsp3) is 0.600. The molecule has 80 valence electrons. The zero-order chi connectivity index (χ0) is 10.3. The first kappa shape index (κ1) is 8.91. The molecule has 0 spiro atoms. The van der Waals surface area contributed by atoms with Crippen molar-refractivity contribution >= 4 is 5.91 Å². The molecule has 0 bridgehead atoms. The molecule has 5 heteroatoms. The number of rotatable bonds is 1. The Morgan fingerprint density at radius 1 is 1.67 bits per heavy atom. The van der Waals surface area contributed by atoms with E-state index in [4.69, 9.17) is 4.42 Å². The van der Waals surface area contributed by atoms with Gasteiger partial charge < -0.3 is 14.6 Å². The average molecular weight is 207 g/mol. The maximum Gasteiger partial charge on any atom is 0.291 e. The van der Waals surface area contributed by atoms with Crippen molar-refractivity contribution in [2.45, 2.75) is 12.5 Å². The minimum Gasteiger partial charge on any atom is -0.438 e. The molecule has 2 saturated heterocycles. The molecule has 2 unspecified atom stereocenters. The van der Waals surface area contributed by atoms with Crippen molar-refractivity contribution in [3.63, 3.8) is 0 Å². The summed E-state index contributed by atoms with van der Waals surface area (Å²) in [5.74, 6) is 0.966. The van der Waals surface area contributed by atoms with E-state index in [0.717, 1.165) is 26.1 Å². The Morgan fingerprint density at radius 3 is 3.33 bits per heavy atom. The van der Waals surface area contributed by atoms with Crippen LogP contribution in [0.2, 0.25) is 0 Å². The lowest BCUT2D eigenvalue weighted by Crippen LogP contribution is -2.64. The molecule has 0 aliphatic carbocycles.